The van der Waals surface area contributed by atoms with Crippen LogP contribution in [-0.2, 0) is 13.0 Å². The highest BCUT2D eigenvalue weighted by Gasteiger charge is 2.02. The Morgan fingerprint density at radius 3 is 3.20 bits per heavy atom. The van der Waals surface area contributed by atoms with Crippen LogP contribution in [0.15, 0.2) is 23.0 Å². The maximum Gasteiger partial charge on any atom is 0.202 e. The number of hydrogen-bond donors (Lipinski definition) is 1. The molecule has 0 spiro atoms. The van der Waals surface area contributed by atoms with Gasteiger partial charge in [0.1, 0.15) is 5.82 Å². The highest BCUT2D eigenvalue weighted by molar-refractivity contribution is 7.09. The summed E-state index contributed by atoms with van der Waals surface area (Å²) in [4.78, 5) is 4.37. The number of nitrogens with zero attached hydrogens (tertiary/aromatic N) is 2. The summed E-state index contributed by atoms with van der Waals surface area (Å²) in [6.07, 6.45) is 5.42. The minimum absolute atomic E-state index is 0.733. The number of aryl methyl sites for hydroxylation is 1. The second kappa shape index (κ2) is 4.93. The van der Waals surface area contributed by atoms with Crippen LogP contribution in [0.3, 0.4) is 0 Å². The second-order valence-corrected chi connectivity index (χ2v) is 4.00. The monoisotopic (exact) mass is 223 g/mol. The molecule has 5 heteroatoms. The van der Waals surface area contributed by atoms with Crippen LogP contribution in [0.25, 0.3) is 0 Å². The minimum atomic E-state index is 0.733. The predicted molar refractivity (Wildman–Crippen MR) is 59.9 cm³/mol. The fraction of sp³-hybridized carbons (Fsp3) is 0.400. The topological polar surface area (TPSA) is 51.0 Å². The normalized spacial score (nSPS) is 10.5. The number of rotatable bonds is 5. The number of aromatic nitrogens is 2. The maximum atomic E-state index is 4.97. The molecule has 0 unspecified atom stereocenters. The Morgan fingerprint density at radius 2 is 2.47 bits per heavy atom. The van der Waals surface area contributed by atoms with Gasteiger partial charge in [-0.1, -0.05) is 6.92 Å². The fourth-order valence-electron chi connectivity index (χ4n) is 1.22. The van der Waals surface area contributed by atoms with Gasteiger partial charge in [-0.05, 0) is 12.5 Å². The summed E-state index contributed by atoms with van der Waals surface area (Å²) in [6.45, 7) is 2.86. The molecular weight excluding hydrogens is 210 g/mol. The van der Waals surface area contributed by atoms with Gasteiger partial charge >= 0.3 is 0 Å². The van der Waals surface area contributed by atoms with E-state index in [9.17, 15) is 0 Å². The number of nitrogens with one attached hydrogen (secondary N) is 1. The third-order valence-corrected chi connectivity index (χ3v) is 2.68. The maximum absolute atomic E-state index is 4.97. The van der Waals surface area contributed by atoms with Crippen molar-refractivity contribution >= 4 is 16.7 Å². The van der Waals surface area contributed by atoms with Crippen molar-refractivity contribution in [3.63, 3.8) is 0 Å². The Labute approximate surface area is 92.5 Å². The summed E-state index contributed by atoms with van der Waals surface area (Å²) in [5, 5.41) is 4.09. The Kier molecular flexibility index (Phi) is 3.34. The molecule has 0 amide bonds. The van der Waals surface area contributed by atoms with Crippen LogP contribution in [-0.4, -0.2) is 9.36 Å². The zero-order valence-electron chi connectivity index (χ0n) is 8.56. The van der Waals surface area contributed by atoms with E-state index in [4.69, 9.17) is 4.42 Å². The van der Waals surface area contributed by atoms with Gasteiger partial charge in [-0.15, -0.1) is 0 Å². The van der Waals surface area contributed by atoms with Crippen LogP contribution < -0.4 is 5.32 Å². The van der Waals surface area contributed by atoms with Crippen molar-refractivity contribution in [1.29, 1.82) is 0 Å². The van der Waals surface area contributed by atoms with Gasteiger partial charge in [0.2, 0.25) is 5.13 Å². The third-order valence-electron chi connectivity index (χ3n) is 1.97. The van der Waals surface area contributed by atoms with Gasteiger partial charge in [-0.25, -0.2) is 4.98 Å². The van der Waals surface area contributed by atoms with E-state index in [1.807, 2.05) is 6.07 Å². The molecule has 2 aromatic heterocycles. The highest BCUT2D eigenvalue weighted by atomic mass is 32.1. The molecule has 0 aromatic carbocycles. The summed E-state index contributed by atoms with van der Waals surface area (Å²) >= 11 is 1.41. The molecule has 0 aliphatic carbocycles. The van der Waals surface area contributed by atoms with Crippen molar-refractivity contribution in [2.75, 3.05) is 5.32 Å². The van der Waals surface area contributed by atoms with E-state index >= 15 is 0 Å². The summed E-state index contributed by atoms with van der Waals surface area (Å²) in [6, 6.07) is 1.93. The summed E-state index contributed by atoms with van der Waals surface area (Å²) in [5.74, 6) is 0.928. The minimum Gasteiger partial charge on any atom is -0.472 e. The van der Waals surface area contributed by atoms with Crippen molar-refractivity contribution in [1.82, 2.24) is 9.36 Å². The lowest BCUT2D eigenvalue weighted by Crippen LogP contribution is -1.97. The first kappa shape index (κ1) is 10.2. The van der Waals surface area contributed by atoms with Crippen molar-refractivity contribution < 1.29 is 4.42 Å². The molecule has 0 radical (unpaired) electrons. The standard InChI is InChI=1S/C10H13N3OS/c1-2-3-9-12-10(15-13-9)11-6-8-4-5-14-7-8/h4-5,7H,2-3,6H2,1H3,(H,11,12,13). The Bertz CT molecular complexity index is 396. The van der Waals surface area contributed by atoms with Crippen LogP contribution in [0.2, 0.25) is 0 Å². The molecular formula is C10H13N3OS. The van der Waals surface area contributed by atoms with Crippen molar-refractivity contribution in [2.45, 2.75) is 26.3 Å². The van der Waals surface area contributed by atoms with Gasteiger partial charge in [-0.3, -0.25) is 0 Å². The number of anilines is 1. The predicted octanol–water partition coefficient (Wildman–Crippen LogP) is 2.70. The van der Waals surface area contributed by atoms with Gasteiger partial charge < -0.3 is 9.73 Å². The lowest BCUT2D eigenvalue weighted by atomic mass is 10.3. The van der Waals surface area contributed by atoms with Crippen LogP contribution in [0, 0.1) is 0 Å². The third kappa shape index (κ3) is 2.79. The van der Waals surface area contributed by atoms with E-state index in [2.05, 4.69) is 21.6 Å². The van der Waals surface area contributed by atoms with Gasteiger partial charge in [0.05, 0.1) is 12.5 Å². The molecule has 0 saturated carbocycles. The van der Waals surface area contributed by atoms with E-state index in [0.29, 0.717) is 0 Å². The fourth-order valence-corrected chi connectivity index (χ4v) is 1.83. The van der Waals surface area contributed by atoms with Gasteiger partial charge in [0.15, 0.2) is 0 Å². The zero-order chi connectivity index (χ0) is 10.5. The molecule has 0 aliphatic heterocycles. The lowest BCUT2D eigenvalue weighted by molar-refractivity contribution is 0.564. The average Bonchev–Trinajstić information content (AvgIpc) is 2.85. The largest absolute Gasteiger partial charge is 0.472 e. The van der Waals surface area contributed by atoms with Crippen molar-refractivity contribution in [3.05, 3.63) is 30.0 Å². The smallest absolute Gasteiger partial charge is 0.202 e. The Morgan fingerprint density at radius 1 is 1.53 bits per heavy atom. The molecule has 0 bridgehead atoms. The first-order chi connectivity index (χ1) is 7.38. The Balaban J connectivity index is 1.88. The molecule has 2 aromatic rings. The lowest BCUT2D eigenvalue weighted by Gasteiger charge is -1.97. The van der Waals surface area contributed by atoms with E-state index in [1.54, 1.807) is 12.5 Å². The molecule has 4 nitrogen and oxygen atoms in total. The summed E-state index contributed by atoms with van der Waals surface area (Å²) in [7, 11) is 0. The molecule has 15 heavy (non-hydrogen) atoms. The molecule has 2 rings (SSSR count). The van der Waals surface area contributed by atoms with Crippen LogP contribution in [0.5, 0.6) is 0 Å². The van der Waals surface area contributed by atoms with Gasteiger partial charge in [0, 0.05) is 30.1 Å². The van der Waals surface area contributed by atoms with Crippen LogP contribution >= 0.6 is 11.5 Å². The van der Waals surface area contributed by atoms with Crippen LogP contribution in [0.1, 0.15) is 24.7 Å². The van der Waals surface area contributed by atoms with E-state index in [1.165, 1.54) is 11.5 Å². The molecule has 1 N–H and O–H groups in total. The molecule has 0 fully saturated rings. The zero-order valence-corrected chi connectivity index (χ0v) is 9.38. The van der Waals surface area contributed by atoms with Gasteiger partial charge in [-0.2, -0.15) is 4.37 Å². The van der Waals surface area contributed by atoms with Crippen molar-refractivity contribution in [2.24, 2.45) is 0 Å². The first-order valence-corrected chi connectivity index (χ1v) is 5.73. The first-order valence-electron chi connectivity index (χ1n) is 4.96. The SMILES string of the molecule is CCCc1nsc(NCc2ccoc2)n1. The van der Waals surface area contributed by atoms with E-state index in [-0.39, 0.29) is 0 Å². The van der Waals surface area contributed by atoms with Crippen LogP contribution in [0.4, 0.5) is 5.13 Å². The quantitative estimate of drug-likeness (QED) is 0.846. The summed E-state index contributed by atoms with van der Waals surface area (Å²) < 4.78 is 9.22. The second-order valence-electron chi connectivity index (χ2n) is 3.25. The molecule has 80 valence electrons. The van der Waals surface area contributed by atoms with Crippen molar-refractivity contribution in [3.8, 4) is 0 Å². The molecule has 0 saturated heterocycles. The molecule has 0 aliphatic rings. The van der Waals surface area contributed by atoms with E-state index < -0.39 is 0 Å². The average molecular weight is 223 g/mol. The van der Waals surface area contributed by atoms with E-state index in [0.717, 1.165) is 35.9 Å². The van der Waals surface area contributed by atoms with Gasteiger partial charge in [0.25, 0.3) is 0 Å². The molecule has 2 heterocycles. The number of hydrogen-bond acceptors (Lipinski definition) is 5. The Hall–Kier alpha value is -1.36. The highest BCUT2D eigenvalue weighted by Crippen LogP contribution is 2.13. The summed E-state index contributed by atoms with van der Waals surface area (Å²) in [5.41, 5.74) is 1.11. The number of furan rings is 1. The molecule has 0 atom stereocenters.